The maximum absolute atomic E-state index is 13.7. The molecule has 0 aliphatic rings. The van der Waals surface area contributed by atoms with Crippen LogP contribution in [0.25, 0.3) is 16.8 Å². The zero-order valence-electron chi connectivity index (χ0n) is 17.1. The van der Waals surface area contributed by atoms with Gasteiger partial charge in [0, 0.05) is 36.5 Å². The SMILES string of the molecule is COc1cc(F)cc(CNc2ccc(-c3ccc(CN(C)C)nc3)c3nncn23)c1. The second-order valence-corrected chi connectivity index (χ2v) is 7.29. The molecule has 0 fully saturated rings. The number of nitrogens with one attached hydrogen (secondary N) is 1. The van der Waals surface area contributed by atoms with E-state index in [0.717, 1.165) is 40.4 Å². The molecule has 0 spiro atoms. The van der Waals surface area contributed by atoms with Gasteiger partial charge in [0.05, 0.1) is 12.8 Å². The summed E-state index contributed by atoms with van der Waals surface area (Å²) in [6, 6.07) is 12.6. The van der Waals surface area contributed by atoms with Crippen molar-refractivity contribution in [1.82, 2.24) is 24.5 Å². The second-order valence-electron chi connectivity index (χ2n) is 7.29. The monoisotopic (exact) mass is 406 g/mol. The predicted molar refractivity (Wildman–Crippen MR) is 114 cm³/mol. The summed E-state index contributed by atoms with van der Waals surface area (Å²) in [6.07, 6.45) is 3.51. The number of hydrogen-bond acceptors (Lipinski definition) is 6. The lowest BCUT2D eigenvalue weighted by Gasteiger charge is -2.12. The highest BCUT2D eigenvalue weighted by Crippen LogP contribution is 2.26. The first-order valence-corrected chi connectivity index (χ1v) is 9.53. The van der Waals surface area contributed by atoms with Crippen LogP contribution in [0, 0.1) is 5.82 Å². The van der Waals surface area contributed by atoms with Crippen LogP contribution in [0.3, 0.4) is 0 Å². The van der Waals surface area contributed by atoms with Crippen LogP contribution >= 0.6 is 0 Å². The van der Waals surface area contributed by atoms with Gasteiger partial charge in [0.2, 0.25) is 0 Å². The van der Waals surface area contributed by atoms with Crippen molar-refractivity contribution < 1.29 is 9.13 Å². The van der Waals surface area contributed by atoms with Crippen LogP contribution in [0.2, 0.25) is 0 Å². The van der Waals surface area contributed by atoms with Crippen molar-refractivity contribution in [2.45, 2.75) is 13.1 Å². The molecule has 154 valence electrons. The lowest BCUT2D eigenvalue weighted by Crippen LogP contribution is -2.11. The second kappa shape index (κ2) is 8.46. The van der Waals surface area contributed by atoms with Gasteiger partial charge in [-0.3, -0.25) is 9.38 Å². The number of halogens is 1. The van der Waals surface area contributed by atoms with Crippen LogP contribution in [0.1, 0.15) is 11.3 Å². The van der Waals surface area contributed by atoms with E-state index in [0.29, 0.717) is 12.3 Å². The first-order chi connectivity index (χ1) is 14.5. The van der Waals surface area contributed by atoms with Gasteiger partial charge in [-0.1, -0.05) is 6.07 Å². The highest BCUT2D eigenvalue weighted by atomic mass is 19.1. The minimum absolute atomic E-state index is 0.332. The lowest BCUT2D eigenvalue weighted by molar-refractivity contribution is 0.397. The molecular weight excluding hydrogens is 383 g/mol. The summed E-state index contributed by atoms with van der Waals surface area (Å²) in [5.74, 6) is 0.960. The minimum atomic E-state index is -0.332. The van der Waals surface area contributed by atoms with E-state index in [2.05, 4.69) is 25.4 Å². The van der Waals surface area contributed by atoms with Gasteiger partial charge in [-0.05, 0) is 50.0 Å². The fraction of sp³-hybridized carbons (Fsp3) is 0.227. The molecule has 0 amide bonds. The van der Waals surface area contributed by atoms with Crippen LogP contribution in [0.5, 0.6) is 5.75 Å². The Morgan fingerprint density at radius 1 is 1.13 bits per heavy atom. The third-order valence-electron chi connectivity index (χ3n) is 4.71. The van der Waals surface area contributed by atoms with Crippen molar-refractivity contribution in [2.75, 3.05) is 26.5 Å². The van der Waals surface area contributed by atoms with Crippen LogP contribution in [-0.2, 0) is 13.1 Å². The van der Waals surface area contributed by atoms with Crippen molar-refractivity contribution in [2.24, 2.45) is 0 Å². The molecule has 3 heterocycles. The van der Waals surface area contributed by atoms with Gasteiger partial charge in [0.1, 0.15) is 23.7 Å². The van der Waals surface area contributed by atoms with Gasteiger partial charge in [0.15, 0.2) is 5.65 Å². The molecule has 30 heavy (non-hydrogen) atoms. The molecule has 7 nitrogen and oxygen atoms in total. The molecule has 0 aliphatic heterocycles. The zero-order valence-corrected chi connectivity index (χ0v) is 17.1. The first kappa shape index (κ1) is 19.8. The van der Waals surface area contributed by atoms with Crippen molar-refractivity contribution in [3.05, 3.63) is 72.1 Å². The lowest BCUT2D eigenvalue weighted by atomic mass is 10.1. The number of anilines is 1. The molecule has 3 aromatic heterocycles. The summed E-state index contributed by atoms with van der Waals surface area (Å²) in [5.41, 5.74) is 4.41. The van der Waals surface area contributed by atoms with Gasteiger partial charge in [0.25, 0.3) is 0 Å². The molecule has 0 saturated heterocycles. The molecular formula is C22H23FN6O. The van der Waals surface area contributed by atoms with Crippen molar-refractivity contribution in [1.29, 1.82) is 0 Å². The average molecular weight is 406 g/mol. The minimum Gasteiger partial charge on any atom is -0.497 e. The number of pyridine rings is 2. The Kier molecular flexibility index (Phi) is 5.58. The van der Waals surface area contributed by atoms with Crippen LogP contribution in [0.15, 0.2) is 55.0 Å². The van der Waals surface area contributed by atoms with E-state index in [4.69, 9.17) is 4.74 Å². The average Bonchev–Trinajstić information content (AvgIpc) is 3.22. The van der Waals surface area contributed by atoms with E-state index < -0.39 is 0 Å². The van der Waals surface area contributed by atoms with Gasteiger partial charge in [-0.15, -0.1) is 10.2 Å². The van der Waals surface area contributed by atoms with E-state index in [1.807, 2.05) is 49.0 Å². The number of nitrogens with zero attached hydrogens (tertiary/aromatic N) is 5. The van der Waals surface area contributed by atoms with E-state index >= 15 is 0 Å². The van der Waals surface area contributed by atoms with Gasteiger partial charge < -0.3 is 15.0 Å². The summed E-state index contributed by atoms with van der Waals surface area (Å²) in [6.45, 7) is 1.22. The number of rotatable bonds is 7. The normalized spacial score (nSPS) is 11.2. The van der Waals surface area contributed by atoms with Gasteiger partial charge in [-0.25, -0.2) is 4.39 Å². The Bertz CT molecular complexity index is 1160. The number of benzene rings is 1. The summed E-state index contributed by atoms with van der Waals surface area (Å²) < 4.78 is 20.8. The maximum atomic E-state index is 13.7. The fourth-order valence-electron chi connectivity index (χ4n) is 3.32. The number of aromatic nitrogens is 4. The number of hydrogen-bond donors (Lipinski definition) is 1. The van der Waals surface area contributed by atoms with Crippen molar-refractivity contribution in [3.63, 3.8) is 0 Å². The fourth-order valence-corrected chi connectivity index (χ4v) is 3.32. The van der Waals surface area contributed by atoms with Gasteiger partial charge in [-0.2, -0.15) is 0 Å². The summed E-state index contributed by atoms with van der Waals surface area (Å²) in [4.78, 5) is 6.62. The summed E-state index contributed by atoms with van der Waals surface area (Å²) in [7, 11) is 5.55. The van der Waals surface area contributed by atoms with E-state index in [1.54, 1.807) is 12.4 Å². The standard InChI is InChI=1S/C22H23FN6O/c1-28(2)13-18-5-4-16(12-24-18)20-6-7-21(29-14-26-27-22(20)29)25-11-15-8-17(23)10-19(9-15)30-3/h4-10,12,14,25H,11,13H2,1-3H3. The maximum Gasteiger partial charge on any atom is 0.170 e. The molecule has 0 saturated carbocycles. The quantitative estimate of drug-likeness (QED) is 0.506. The number of ether oxygens (including phenoxy) is 1. The molecule has 0 aliphatic carbocycles. The Labute approximate surface area is 174 Å². The molecule has 0 radical (unpaired) electrons. The van der Waals surface area contributed by atoms with Crippen LogP contribution in [0.4, 0.5) is 10.2 Å². The molecule has 4 aromatic rings. The third kappa shape index (κ3) is 4.23. The Morgan fingerprint density at radius 2 is 2.00 bits per heavy atom. The highest BCUT2D eigenvalue weighted by molar-refractivity contribution is 5.78. The zero-order chi connectivity index (χ0) is 21.1. The van der Waals surface area contributed by atoms with E-state index in [9.17, 15) is 4.39 Å². The molecule has 8 heteroatoms. The molecule has 0 bridgehead atoms. The summed E-state index contributed by atoms with van der Waals surface area (Å²) >= 11 is 0. The summed E-state index contributed by atoms with van der Waals surface area (Å²) in [5, 5.41) is 11.7. The molecule has 4 rings (SSSR count). The Hall–Kier alpha value is -3.52. The first-order valence-electron chi connectivity index (χ1n) is 9.53. The smallest absolute Gasteiger partial charge is 0.170 e. The molecule has 0 atom stereocenters. The third-order valence-corrected chi connectivity index (χ3v) is 4.71. The Balaban J connectivity index is 1.59. The van der Waals surface area contributed by atoms with E-state index in [-0.39, 0.29) is 5.82 Å². The van der Waals surface area contributed by atoms with E-state index in [1.165, 1.54) is 19.2 Å². The Morgan fingerprint density at radius 3 is 2.73 bits per heavy atom. The van der Waals surface area contributed by atoms with Crippen LogP contribution < -0.4 is 10.1 Å². The topological polar surface area (TPSA) is 67.6 Å². The largest absolute Gasteiger partial charge is 0.497 e. The van der Waals surface area contributed by atoms with Crippen LogP contribution in [-0.4, -0.2) is 45.7 Å². The predicted octanol–water partition coefficient (Wildman–Crippen LogP) is 3.61. The van der Waals surface area contributed by atoms with Crippen molar-refractivity contribution >= 4 is 11.5 Å². The number of methoxy groups -OCH3 is 1. The number of fused-ring (bicyclic) bond motifs is 1. The van der Waals surface area contributed by atoms with Crippen molar-refractivity contribution in [3.8, 4) is 16.9 Å². The molecule has 1 aromatic carbocycles. The molecule has 1 N–H and O–H groups in total. The molecule has 0 unspecified atom stereocenters. The highest BCUT2D eigenvalue weighted by Gasteiger charge is 2.11. The van der Waals surface area contributed by atoms with Gasteiger partial charge >= 0.3 is 0 Å².